The van der Waals surface area contributed by atoms with E-state index in [2.05, 4.69) is 46.2 Å². The van der Waals surface area contributed by atoms with Crippen LogP contribution in [-0.2, 0) is 11.2 Å². The summed E-state index contributed by atoms with van der Waals surface area (Å²) in [6.07, 6.45) is 9.73. The lowest BCUT2D eigenvalue weighted by atomic mass is 9.89. The highest BCUT2D eigenvalue weighted by atomic mass is 35.5. The minimum atomic E-state index is 0.580. The third kappa shape index (κ3) is 4.72. The molecule has 174 valence electrons. The zero-order chi connectivity index (χ0) is 23.5. The van der Waals surface area contributed by atoms with Crippen molar-refractivity contribution in [3.8, 4) is 0 Å². The molecule has 2 aromatic heterocycles. The summed E-state index contributed by atoms with van der Waals surface area (Å²) in [5.74, 6) is 0.580. The van der Waals surface area contributed by atoms with Gasteiger partial charge >= 0.3 is 0 Å². The van der Waals surface area contributed by atoms with E-state index in [0.29, 0.717) is 5.92 Å². The van der Waals surface area contributed by atoms with E-state index < -0.39 is 0 Å². The van der Waals surface area contributed by atoms with Gasteiger partial charge in [-0.1, -0.05) is 23.7 Å². The summed E-state index contributed by atoms with van der Waals surface area (Å²) in [5, 5.41) is 2.07. The molecular weight excluding hydrogens is 444 g/mol. The molecule has 1 aliphatic heterocycles. The lowest BCUT2D eigenvalue weighted by Gasteiger charge is -2.32. The second-order valence-electron chi connectivity index (χ2n) is 9.10. The van der Waals surface area contributed by atoms with Crippen LogP contribution in [0.5, 0.6) is 0 Å². The number of likely N-dealkylation sites (tertiary alicyclic amines) is 1. The number of carbonyl (C=O) groups excluding carboxylic acids is 1. The van der Waals surface area contributed by atoms with Crippen LogP contribution in [0.25, 0.3) is 10.9 Å². The van der Waals surface area contributed by atoms with E-state index in [0.717, 1.165) is 67.2 Å². The van der Waals surface area contributed by atoms with Crippen LogP contribution in [0.15, 0.2) is 67.1 Å². The smallest absolute Gasteiger partial charge is 0.218 e. The Bertz CT molecular complexity index is 1280. The summed E-state index contributed by atoms with van der Waals surface area (Å²) in [7, 11) is 0. The van der Waals surface area contributed by atoms with Gasteiger partial charge in [-0.15, -0.1) is 0 Å². The van der Waals surface area contributed by atoms with Gasteiger partial charge in [0.15, 0.2) is 0 Å². The number of aromatic amines is 1. The number of fused-ring (bicyclic) bond motifs is 1. The SMILES string of the molecule is Cc1ccc(N(C=O)c2cccnc2)cc1CCN1CCC(c2c[nH]c3cc(Cl)ccc23)CC1. The quantitative estimate of drug-likeness (QED) is 0.324. The molecule has 1 fully saturated rings. The van der Waals surface area contributed by atoms with Crippen LogP contribution in [0.1, 0.15) is 35.4 Å². The van der Waals surface area contributed by atoms with Gasteiger partial charge in [0, 0.05) is 40.6 Å². The number of halogens is 1. The van der Waals surface area contributed by atoms with E-state index in [1.165, 1.54) is 22.1 Å². The number of aryl methyl sites for hydroxylation is 1. The number of amides is 1. The molecule has 34 heavy (non-hydrogen) atoms. The maximum atomic E-state index is 11.8. The monoisotopic (exact) mass is 472 g/mol. The van der Waals surface area contributed by atoms with Crippen LogP contribution in [0, 0.1) is 6.92 Å². The fraction of sp³-hybridized carbons (Fsp3) is 0.286. The van der Waals surface area contributed by atoms with Gasteiger partial charge < -0.3 is 9.88 Å². The van der Waals surface area contributed by atoms with Crippen LogP contribution in [-0.4, -0.2) is 40.9 Å². The van der Waals surface area contributed by atoms with Gasteiger partial charge in [0.05, 0.1) is 11.9 Å². The summed E-state index contributed by atoms with van der Waals surface area (Å²) in [6, 6.07) is 16.1. The van der Waals surface area contributed by atoms with E-state index in [4.69, 9.17) is 11.6 Å². The molecule has 0 bridgehead atoms. The number of aromatic nitrogens is 2. The van der Waals surface area contributed by atoms with E-state index in [9.17, 15) is 4.79 Å². The Hall–Kier alpha value is -3.15. The van der Waals surface area contributed by atoms with Crippen molar-refractivity contribution in [3.63, 3.8) is 0 Å². The van der Waals surface area contributed by atoms with Crippen LogP contribution < -0.4 is 4.90 Å². The van der Waals surface area contributed by atoms with E-state index >= 15 is 0 Å². The number of carbonyl (C=O) groups is 1. The lowest BCUT2D eigenvalue weighted by molar-refractivity contribution is -0.106. The molecule has 3 heterocycles. The average Bonchev–Trinajstić information content (AvgIpc) is 3.28. The molecule has 1 amide bonds. The summed E-state index contributed by atoms with van der Waals surface area (Å²) in [4.78, 5) is 23.6. The number of anilines is 2. The van der Waals surface area contributed by atoms with Crippen LogP contribution >= 0.6 is 11.6 Å². The van der Waals surface area contributed by atoms with Crippen molar-refractivity contribution < 1.29 is 4.79 Å². The highest BCUT2D eigenvalue weighted by molar-refractivity contribution is 6.31. The van der Waals surface area contributed by atoms with Crippen molar-refractivity contribution in [1.82, 2.24) is 14.9 Å². The Morgan fingerprint density at radius 3 is 2.76 bits per heavy atom. The topological polar surface area (TPSA) is 52.2 Å². The number of piperidine rings is 1. The number of pyridine rings is 1. The fourth-order valence-electron chi connectivity index (χ4n) is 5.05. The summed E-state index contributed by atoms with van der Waals surface area (Å²) < 4.78 is 0. The molecule has 1 saturated heterocycles. The first-order chi connectivity index (χ1) is 16.6. The number of benzene rings is 2. The molecule has 5 nitrogen and oxygen atoms in total. The maximum Gasteiger partial charge on any atom is 0.218 e. The lowest BCUT2D eigenvalue weighted by Crippen LogP contribution is -2.34. The Kier molecular flexibility index (Phi) is 6.66. The van der Waals surface area contributed by atoms with Crippen molar-refractivity contribution in [2.24, 2.45) is 0 Å². The van der Waals surface area contributed by atoms with Crippen molar-refractivity contribution in [1.29, 1.82) is 0 Å². The molecule has 0 spiro atoms. The normalized spacial score (nSPS) is 15.0. The van der Waals surface area contributed by atoms with Gasteiger partial charge in [-0.3, -0.25) is 14.7 Å². The highest BCUT2D eigenvalue weighted by Gasteiger charge is 2.23. The number of nitrogens with one attached hydrogen (secondary N) is 1. The molecule has 6 heteroatoms. The molecular formula is C28H29ClN4O. The van der Waals surface area contributed by atoms with Crippen LogP contribution in [0.4, 0.5) is 11.4 Å². The Labute approximate surface area is 205 Å². The zero-order valence-electron chi connectivity index (χ0n) is 19.4. The molecule has 5 rings (SSSR count). The predicted octanol–water partition coefficient (Wildman–Crippen LogP) is 6.24. The highest BCUT2D eigenvalue weighted by Crippen LogP contribution is 2.34. The minimum absolute atomic E-state index is 0.580. The van der Waals surface area contributed by atoms with Crippen LogP contribution in [0.2, 0.25) is 5.02 Å². The molecule has 0 atom stereocenters. The number of H-pyrrole nitrogens is 1. The fourth-order valence-corrected chi connectivity index (χ4v) is 5.22. The molecule has 2 aromatic carbocycles. The van der Waals surface area contributed by atoms with E-state index in [1.807, 2.05) is 30.3 Å². The molecule has 0 unspecified atom stereocenters. The van der Waals surface area contributed by atoms with Crippen LogP contribution in [0.3, 0.4) is 0 Å². The van der Waals surface area contributed by atoms with Crippen molar-refractivity contribution in [3.05, 3.63) is 88.8 Å². The van der Waals surface area contributed by atoms with Gasteiger partial charge in [-0.2, -0.15) is 0 Å². The van der Waals surface area contributed by atoms with Crippen molar-refractivity contribution in [2.45, 2.75) is 32.1 Å². The van der Waals surface area contributed by atoms with Gasteiger partial charge in [0.2, 0.25) is 6.41 Å². The average molecular weight is 473 g/mol. The largest absolute Gasteiger partial charge is 0.361 e. The van der Waals surface area contributed by atoms with Crippen molar-refractivity contribution >= 4 is 40.3 Å². The number of rotatable bonds is 7. The molecule has 4 aromatic rings. The van der Waals surface area contributed by atoms with Gasteiger partial charge in [0.1, 0.15) is 0 Å². The molecule has 0 saturated carbocycles. The summed E-state index contributed by atoms with van der Waals surface area (Å²) >= 11 is 6.15. The molecule has 0 radical (unpaired) electrons. The second-order valence-corrected chi connectivity index (χ2v) is 9.53. The summed E-state index contributed by atoms with van der Waals surface area (Å²) in [5.41, 5.74) is 6.72. The molecule has 1 aliphatic rings. The standard InChI is InChI=1S/C28H29ClN4O/c1-20-4-6-24(33(19-34)25-3-2-11-30-17-25)15-22(20)10-14-32-12-8-21(9-13-32)27-18-31-28-16-23(29)5-7-26(27)28/h2-7,11,15-19,21,31H,8-10,12-14H2,1H3. The minimum Gasteiger partial charge on any atom is -0.361 e. The van der Waals surface area contributed by atoms with E-state index in [1.54, 1.807) is 17.3 Å². The molecule has 1 N–H and O–H groups in total. The number of hydrogen-bond donors (Lipinski definition) is 1. The summed E-state index contributed by atoms with van der Waals surface area (Å²) in [6.45, 7) is 5.36. The second kappa shape index (κ2) is 10.00. The van der Waals surface area contributed by atoms with Gasteiger partial charge in [-0.25, -0.2) is 0 Å². The Morgan fingerprint density at radius 2 is 2.00 bits per heavy atom. The predicted molar refractivity (Wildman–Crippen MR) is 139 cm³/mol. The number of hydrogen-bond acceptors (Lipinski definition) is 3. The van der Waals surface area contributed by atoms with Crippen molar-refractivity contribution in [2.75, 3.05) is 24.5 Å². The third-order valence-electron chi connectivity index (χ3n) is 7.04. The Balaban J connectivity index is 1.22. The first-order valence-electron chi connectivity index (χ1n) is 11.9. The maximum absolute atomic E-state index is 11.8. The zero-order valence-corrected chi connectivity index (χ0v) is 20.1. The number of nitrogens with zero attached hydrogens (tertiary/aromatic N) is 3. The van der Waals surface area contributed by atoms with Gasteiger partial charge in [-0.05, 0) is 98.3 Å². The Morgan fingerprint density at radius 1 is 1.15 bits per heavy atom. The first kappa shape index (κ1) is 22.6. The van der Waals surface area contributed by atoms with Gasteiger partial charge in [0.25, 0.3) is 0 Å². The molecule has 0 aliphatic carbocycles. The van der Waals surface area contributed by atoms with E-state index in [-0.39, 0.29) is 0 Å². The first-order valence-corrected chi connectivity index (χ1v) is 12.2. The third-order valence-corrected chi connectivity index (χ3v) is 7.28.